The van der Waals surface area contributed by atoms with Crippen molar-refractivity contribution in [1.82, 2.24) is 24.8 Å². The molecule has 0 aliphatic carbocycles. The molecule has 1 aromatic carbocycles. The molecule has 1 fully saturated rings. The number of benzene rings is 1. The van der Waals surface area contributed by atoms with Crippen LogP contribution < -0.4 is 5.32 Å². The van der Waals surface area contributed by atoms with Gasteiger partial charge in [-0.25, -0.2) is 9.50 Å². The van der Waals surface area contributed by atoms with Crippen LogP contribution in [0, 0.1) is 6.92 Å². The van der Waals surface area contributed by atoms with Crippen molar-refractivity contribution in [2.75, 3.05) is 19.6 Å². The van der Waals surface area contributed by atoms with E-state index in [1.165, 1.54) is 5.56 Å². The number of hydrogen-bond acceptors (Lipinski definition) is 4. The third-order valence-electron chi connectivity index (χ3n) is 5.02. The number of carbonyl (C=O) groups is 1. The predicted molar refractivity (Wildman–Crippen MR) is 107 cm³/mol. The molecule has 27 heavy (non-hydrogen) atoms. The summed E-state index contributed by atoms with van der Waals surface area (Å²) in [5.41, 5.74) is 4.51. The van der Waals surface area contributed by atoms with E-state index in [-0.39, 0.29) is 24.4 Å². The van der Waals surface area contributed by atoms with Gasteiger partial charge in [0.15, 0.2) is 5.65 Å². The van der Waals surface area contributed by atoms with Gasteiger partial charge in [-0.1, -0.05) is 31.2 Å². The van der Waals surface area contributed by atoms with E-state index in [0.717, 1.165) is 30.8 Å². The molecule has 3 heterocycles. The average Bonchev–Trinajstić information content (AvgIpc) is 3.10. The Labute approximate surface area is 165 Å². The largest absolute Gasteiger partial charge is 0.329 e. The van der Waals surface area contributed by atoms with E-state index in [1.54, 1.807) is 10.7 Å². The van der Waals surface area contributed by atoms with Crippen LogP contribution in [0.4, 0.5) is 0 Å². The number of halogens is 1. The van der Waals surface area contributed by atoms with Crippen molar-refractivity contribution in [3.05, 3.63) is 65.1 Å². The maximum Gasteiger partial charge on any atom is 0.259 e. The van der Waals surface area contributed by atoms with Gasteiger partial charge in [-0.2, -0.15) is 5.10 Å². The van der Waals surface area contributed by atoms with E-state index in [9.17, 15) is 4.79 Å². The maximum atomic E-state index is 13.3. The molecule has 1 amide bonds. The summed E-state index contributed by atoms with van der Waals surface area (Å²) in [7, 11) is 0. The minimum Gasteiger partial charge on any atom is -0.329 e. The Balaban J connectivity index is 0.00000210. The molecule has 7 heteroatoms. The Hall–Kier alpha value is -2.44. The summed E-state index contributed by atoms with van der Waals surface area (Å²) >= 11 is 0. The highest BCUT2D eigenvalue weighted by molar-refractivity contribution is 6.00. The lowest BCUT2D eigenvalue weighted by molar-refractivity contribution is 0.0636. The topological polar surface area (TPSA) is 62.5 Å². The van der Waals surface area contributed by atoms with Crippen LogP contribution in [0.25, 0.3) is 5.65 Å². The lowest BCUT2D eigenvalue weighted by Gasteiger charge is -2.36. The van der Waals surface area contributed by atoms with Gasteiger partial charge in [0.25, 0.3) is 5.91 Å². The molecule has 0 bridgehead atoms. The van der Waals surface area contributed by atoms with Gasteiger partial charge in [0.2, 0.25) is 0 Å². The molecule has 4 rings (SSSR count). The lowest BCUT2D eigenvalue weighted by Crippen LogP contribution is -2.48. The van der Waals surface area contributed by atoms with Gasteiger partial charge in [0, 0.05) is 31.5 Å². The molecule has 1 aliphatic heterocycles. The summed E-state index contributed by atoms with van der Waals surface area (Å²) in [6, 6.07) is 10.5. The Morgan fingerprint density at radius 3 is 2.78 bits per heavy atom. The number of fused-ring (bicyclic) bond motifs is 1. The maximum absolute atomic E-state index is 13.3. The second-order valence-corrected chi connectivity index (χ2v) is 6.71. The average molecular weight is 386 g/mol. The molecule has 0 spiro atoms. The first-order chi connectivity index (χ1) is 12.7. The fraction of sp³-hybridized carbons (Fsp3) is 0.350. The Kier molecular flexibility index (Phi) is 5.77. The van der Waals surface area contributed by atoms with Crippen LogP contribution in [-0.4, -0.2) is 45.0 Å². The molecule has 1 unspecified atom stereocenters. The van der Waals surface area contributed by atoms with Crippen LogP contribution in [0.1, 0.15) is 40.1 Å². The highest BCUT2D eigenvalue weighted by Crippen LogP contribution is 2.25. The minimum atomic E-state index is -0.0100. The Bertz CT molecular complexity index is 937. The van der Waals surface area contributed by atoms with E-state index >= 15 is 0 Å². The molecule has 6 nitrogen and oxygen atoms in total. The van der Waals surface area contributed by atoms with Gasteiger partial charge in [-0.05, 0) is 30.5 Å². The van der Waals surface area contributed by atoms with E-state index in [1.807, 2.05) is 24.1 Å². The summed E-state index contributed by atoms with van der Waals surface area (Å²) in [5.74, 6) is -0.0100. The molecule has 2 aromatic heterocycles. The smallest absolute Gasteiger partial charge is 0.259 e. The molecule has 1 atom stereocenters. The molecule has 3 aromatic rings. The molecule has 142 valence electrons. The van der Waals surface area contributed by atoms with E-state index in [0.29, 0.717) is 17.8 Å². The van der Waals surface area contributed by atoms with Crippen molar-refractivity contribution in [3.63, 3.8) is 0 Å². The minimum absolute atomic E-state index is 0. The highest BCUT2D eigenvalue weighted by Gasteiger charge is 2.30. The van der Waals surface area contributed by atoms with Crippen molar-refractivity contribution in [3.8, 4) is 0 Å². The first-order valence-electron chi connectivity index (χ1n) is 9.09. The number of rotatable bonds is 3. The zero-order valence-electron chi connectivity index (χ0n) is 15.6. The first-order valence-corrected chi connectivity index (χ1v) is 9.09. The Morgan fingerprint density at radius 2 is 2.04 bits per heavy atom. The third kappa shape index (κ3) is 3.68. The fourth-order valence-electron chi connectivity index (χ4n) is 3.49. The van der Waals surface area contributed by atoms with Gasteiger partial charge in [0.1, 0.15) is 5.56 Å². The summed E-state index contributed by atoms with van der Waals surface area (Å²) in [6.45, 7) is 6.28. The normalized spacial score (nSPS) is 17.0. The zero-order valence-corrected chi connectivity index (χ0v) is 16.4. The van der Waals surface area contributed by atoms with Gasteiger partial charge >= 0.3 is 0 Å². The number of aromatic nitrogens is 3. The van der Waals surface area contributed by atoms with Crippen molar-refractivity contribution in [1.29, 1.82) is 0 Å². The predicted octanol–water partition coefficient (Wildman–Crippen LogP) is 2.81. The van der Waals surface area contributed by atoms with Gasteiger partial charge in [0.05, 0.1) is 12.2 Å². The van der Waals surface area contributed by atoms with E-state index in [2.05, 4.69) is 46.6 Å². The summed E-state index contributed by atoms with van der Waals surface area (Å²) < 4.78 is 1.66. The summed E-state index contributed by atoms with van der Waals surface area (Å²) in [5, 5.41) is 7.70. The molecular formula is C20H24ClN5O. The zero-order chi connectivity index (χ0) is 18.1. The summed E-state index contributed by atoms with van der Waals surface area (Å²) in [4.78, 5) is 19.8. The van der Waals surface area contributed by atoms with Crippen molar-refractivity contribution < 1.29 is 4.79 Å². The Morgan fingerprint density at radius 1 is 1.26 bits per heavy atom. The standard InChI is InChI=1S/C20H23N5O.ClH/c1-3-15-4-6-16(7-5-15)18-13-21-9-11-24(18)20(26)17-12-22-25-10-8-14(2)23-19(17)25;/h4-8,10,12,18,21H,3,9,11,13H2,1-2H3;1H. The molecule has 0 radical (unpaired) electrons. The van der Waals surface area contributed by atoms with Crippen LogP contribution in [0.5, 0.6) is 0 Å². The highest BCUT2D eigenvalue weighted by atomic mass is 35.5. The number of hydrogen-bond donors (Lipinski definition) is 1. The van der Waals surface area contributed by atoms with Crippen LogP contribution in [0.3, 0.4) is 0 Å². The molecule has 1 N–H and O–H groups in total. The molecule has 1 aliphatic rings. The number of carbonyl (C=O) groups excluding carboxylic acids is 1. The van der Waals surface area contributed by atoms with E-state index in [4.69, 9.17) is 0 Å². The summed E-state index contributed by atoms with van der Waals surface area (Å²) in [6.07, 6.45) is 4.48. The van der Waals surface area contributed by atoms with Crippen molar-refractivity contribution >= 4 is 24.0 Å². The second kappa shape index (κ2) is 8.06. The van der Waals surface area contributed by atoms with Crippen LogP contribution in [0.15, 0.2) is 42.7 Å². The van der Waals surface area contributed by atoms with E-state index < -0.39 is 0 Å². The quantitative estimate of drug-likeness (QED) is 0.753. The lowest BCUT2D eigenvalue weighted by atomic mass is 10.0. The van der Waals surface area contributed by atoms with Gasteiger partial charge < -0.3 is 10.2 Å². The molecule has 0 saturated carbocycles. The number of amides is 1. The van der Waals surface area contributed by atoms with Crippen LogP contribution in [-0.2, 0) is 6.42 Å². The number of nitrogens with zero attached hydrogens (tertiary/aromatic N) is 4. The molecule has 1 saturated heterocycles. The number of nitrogens with one attached hydrogen (secondary N) is 1. The SMILES string of the molecule is CCc1ccc(C2CNCCN2C(=O)c2cnn3ccc(C)nc23)cc1.Cl. The van der Waals surface area contributed by atoms with Gasteiger partial charge in [-0.15, -0.1) is 12.4 Å². The monoisotopic (exact) mass is 385 g/mol. The number of aryl methyl sites for hydroxylation is 2. The molecular weight excluding hydrogens is 362 g/mol. The number of piperazine rings is 1. The van der Waals surface area contributed by atoms with Crippen molar-refractivity contribution in [2.24, 2.45) is 0 Å². The third-order valence-corrected chi connectivity index (χ3v) is 5.02. The fourth-order valence-corrected chi connectivity index (χ4v) is 3.49. The second-order valence-electron chi connectivity index (χ2n) is 6.71. The van der Waals surface area contributed by atoms with Gasteiger partial charge in [-0.3, -0.25) is 4.79 Å². The van der Waals surface area contributed by atoms with Crippen molar-refractivity contribution in [2.45, 2.75) is 26.3 Å². The van der Waals surface area contributed by atoms with Crippen LogP contribution in [0.2, 0.25) is 0 Å². The van der Waals surface area contributed by atoms with Crippen LogP contribution >= 0.6 is 12.4 Å². The first kappa shape index (κ1) is 19.3.